The van der Waals surface area contributed by atoms with Gasteiger partial charge in [-0.1, -0.05) is 6.07 Å². The molecule has 0 unspecified atom stereocenters. The average Bonchev–Trinajstić information content (AvgIpc) is 2.15. The predicted octanol–water partition coefficient (Wildman–Crippen LogP) is 1.60. The number of nitrogens with two attached hydrogens (primary N) is 1. The first-order chi connectivity index (χ1) is 6.24. The van der Waals surface area contributed by atoms with Crippen LogP contribution in [0.3, 0.4) is 0 Å². The normalized spacial score (nSPS) is 8.33. The van der Waals surface area contributed by atoms with Crippen LogP contribution in [-0.2, 0) is 0 Å². The van der Waals surface area contributed by atoms with Crippen molar-refractivity contribution in [2.45, 2.75) is 0 Å². The molecule has 0 aromatic heterocycles. The van der Waals surface area contributed by atoms with E-state index >= 15 is 0 Å². The molecule has 0 aliphatic heterocycles. The van der Waals surface area contributed by atoms with E-state index in [2.05, 4.69) is 5.32 Å². The van der Waals surface area contributed by atoms with Gasteiger partial charge in [0.25, 0.3) is 0 Å². The Hall–Kier alpha value is -0.970. The van der Waals surface area contributed by atoms with Crippen LogP contribution in [0.4, 0.5) is 5.69 Å². The molecule has 0 atom stereocenters. The van der Waals surface area contributed by atoms with Crippen molar-refractivity contribution in [3.05, 3.63) is 29.8 Å². The van der Waals surface area contributed by atoms with Gasteiger partial charge >= 0.3 is 5.97 Å². The number of anilines is 1. The number of nitrogens with one attached hydrogen (secondary N) is 1. The van der Waals surface area contributed by atoms with Crippen molar-refractivity contribution in [2.75, 3.05) is 18.4 Å². The van der Waals surface area contributed by atoms with Crippen LogP contribution in [0.1, 0.15) is 10.4 Å². The third kappa shape index (κ3) is 5.47. The molecule has 4 nitrogen and oxygen atoms in total. The predicted molar refractivity (Wildman–Crippen MR) is 65.4 cm³/mol. The standard InChI is InChI=1S/C9H12N2O2.2ClH/c10-4-5-11-8-3-1-2-7(6-8)9(12)13;;/h1-3,6,11H,4-5,10H2,(H,12,13);2*1H. The van der Waals surface area contributed by atoms with E-state index in [-0.39, 0.29) is 30.4 Å². The van der Waals surface area contributed by atoms with Gasteiger partial charge in [-0.2, -0.15) is 0 Å². The highest BCUT2D eigenvalue weighted by Crippen LogP contribution is 2.09. The highest BCUT2D eigenvalue weighted by atomic mass is 35.5. The van der Waals surface area contributed by atoms with E-state index in [0.29, 0.717) is 13.1 Å². The van der Waals surface area contributed by atoms with Gasteiger partial charge in [0.15, 0.2) is 0 Å². The molecule has 1 aromatic rings. The van der Waals surface area contributed by atoms with E-state index in [9.17, 15) is 4.79 Å². The molecular formula is C9H14Cl2N2O2. The summed E-state index contributed by atoms with van der Waals surface area (Å²) in [4.78, 5) is 10.6. The SMILES string of the molecule is Cl.Cl.NCCNc1cccc(C(=O)O)c1. The Morgan fingerprint density at radius 3 is 2.60 bits per heavy atom. The third-order valence-corrected chi connectivity index (χ3v) is 1.58. The van der Waals surface area contributed by atoms with Crippen LogP contribution in [0.15, 0.2) is 24.3 Å². The monoisotopic (exact) mass is 252 g/mol. The van der Waals surface area contributed by atoms with Crippen LogP contribution in [0.25, 0.3) is 0 Å². The Bertz CT molecular complexity index is 308. The molecule has 0 amide bonds. The summed E-state index contributed by atoms with van der Waals surface area (Å²) in [6.07, 6.45) is 0. The molecule has 0 radical (unpaired) electrons. The van der Waals surface area contributed by atoms with Gasteiger partial charge in [-0.15, -0.1) is 24.8 Å². The van der Waals surface area contributed by atoms with Crippen LogP contribution in [0.2, 0.25) is 0 Å². The fraction of sp³-hybridized carbons (Fsp3) is 0.222. The smallest absolute Gasteiger partial charge is 0.335 e. The van der Waals surface area contributed by atoms with E-state index in [1.807, 2.05) is 6.07 Å². The molecule has 0 aliphatic rings. The number of carbonyl (C=O) groups is 1. The summed E-state index contributed by atoms with van der Waals surface area (Å²) in [7, 11) is 0. The molecular weight excluding hydrogens is 239 g/mol. The van der Waals surface area contributed by atoms with Gasteiger partial charge in [-0.3, -0.25) is 0 Å². The van der Waals surface area contributed by atoms with Gasteiger partial charge < -0.3 is 16.2 Å². The van der Waals surface area contributed by atoms with E-state index < -0.39 is 5.97 Å². The van der Waals surface area contributed by atoms with Crippen molar-refractivity contribution in [1.82, 2.24) is 0 Å². The first-order valence-electron chi connectivity index (χ1n) is 4.01. The second-order valence-electron chi connectivity index (χ2n) is 2.60. The topological polar surface area (TPSA) is 75.3 Å². The maximum Gasteiger partial charge on any atom is 0.335 e. The number of benzene rings is 1. The molecule has 0 fully saturated rings. The molecule has 4 N–H and O–H groups in total. The summed E-state index contributed by atoms with van der Waals surface area (Å²) in [5.41, 5.74) is 6.36. The zero-order valence-corrected chi connectivity index (χ0v) is 9.61. The van der Waals surface area contributed by atoms with Gasteiger partial charge in [0.2, 0.25) is 0 Å². The van der Waals surface area contributed by atoms with Crippen molar-refractivity contribution < 1.29 is 9.90 Å². The van der Waals surface area contributed by atoms with E-state index in [0.717, 1.165) is 5.69 Å². The van der Waals surface area contributed by atoms with Crippen molar-refractivity contribution in [3.63, 3.8) is 0 Å². The Labute approximate surface area is 101 Å². The highest BCUT2D eigenvalue weighted by Gasteiger charge is 2.01. The Balaban J connectivity index is 0. The summed E-state index contributed by atoms with van der Waals surface area (Å²) in [5, 5.41) is 11.7. The number of carboxylic acids is 1. The summed E-state index contributed by atoms with van der Waals surface area (Å²) >= 11 is 0. The average molecular weight is 253 g/mol. The zero-order valence-electron chi connectivity index (χ0n) is 7.97. The molecule has 1 rings (SSSR count). The highest BCUT2D eigenvalue weighted by molar-refractivity contribution is 5.88. The van der Waals surface area contributed by atoms with Crippen LogP contribution in [0.5, 0.6) is 0 Å². The van der Waals surface area contributed by atoms with E-state index in [4.69, 9.17) is 10.8 Å². The summed E-state index contributed by atoms with van der Waals surface area (Å²) in [6, 6.07) is 6.64. The lowest BCUT2D eigenvalue weighted by molar-refractivity contribution is 0.0697. The lowest BCUT2D eigenvalue weighted by Crippen LogP contribution is -2.13. The van der Waals surface area contributed by atoms with Crippen molar-refractivity contribution >= 4 is 36.5 Å². The van der Waals surface area contributed by atoms with E-state index in [1.54, 1.807) is 18.2 Å². The van der Waals surface area contributed by atoms with Gasteiger partial charge in [-0.25, -0.2) is 4.79 Å². The number of hydrogen-bond donors (Lipinski definition) is 3. The molecule has 15 heavy (non-hydrogen) atoms. The molecule has 0 saturated carbocycles. The number of rotatable bonds is 4. The molecule has 0 bridgehead atoms. The summed E-state index contributed by atoms with van der Waals surface area (Å²) in [5.74, 6) is -0.920. The zero-order chi connectivity index (χ0) is 9.68. The van der Waals surface area contributed by atoms with Crippen molar-refractivity contribution in [3.8, 4) is 0 Å². The van der Waals surface area contributed by atoms with E-state index in [1.165, 1.54) is 0 Å². The summed E-state index contributed by atoms with van der Waals surface area (Å²) < 4.78 is 0. The molecule has 86 valence electrons. The Morgan fingerprint density at radius 2 is 2.07 bits per heavy atom. The molecule has 0 spiro atoms. The van der Waals surface area contributed by atoms with Crippen LogP contribution < -0.4 is 11.1 Å². The lowest BCUT2D eigenvalue weighted by Gasteiger charge is -2.04. The fourth-order valence-corrected chi connectivity index (χ4v) is 0.979. The van der Waals surface area contributed by atoms with Crippen molar-refractivity contribution in [2.24, 2.45) is 5.73 Å². The number of carboxylic acid groups (broad SMARTS) is 1. The minimum absolute atomic E-state index is 0. The third-order valence-electron chi connectivity index (χ3n) is 1.58. The number of hydrogen-bond acceptors (Lipinski definition) is 3. The quantitative estimate of drug-likeness (QED) is 0.761. The van der Waals surface area contributed by atoms with Crippen molar-refractivity contribution in [1.29, 1.82) is 0 Å². The Morgan fingerprint density at radius 1 is 1.40 bits per heavy atom. The second-order valence-corrected chi connectivity index (χ2v) is 2.60. The minimum Gasteiger partial charge on any atom is -0.478 e. The molecule has 6 heteroatoms. The number of halogens is 2. The maximum atomic E-state index is 10.6. The van der Waals surface area contributed by atoms with Gasteiger partial charge in [0.05, 0.1) is 5.56 Å². The summed E-state index contributed by atoms with van der Waals surface area (Å²) in [6.45, 7) is 1.17. The molecule has 1 aromatic carbocycles. The lowest BCUT2D eigenvalue weighted by atomic mass is 10.2. The molecule has 0 heterocycles. The number of aromatic carboxylic acids is 1. The van der Waals surface area contributed by atoms with Crippen LogP contribution >= 0.6 is 24.8 Å². The Kier molecular flexibility index (Phi) is 9.16. The molecule has 0 aliphatic carbocycles. The minimum atomic E-state index is -0.920. The van der Waals surface area contributed by atoms with Gasteiger partial charge in [-0.05, 0) is 18.2 Å². The first kappa shape index (κ1) is 16.5. The fourth-order valence-electron chi connectivity index (χ4n) is 0.979. The van der Waals surface area contributed by atoms with Crippen LogP contribution in [-0.4, -0.2) is 24.2 Å². The van der Waals surface area contributed by atoms with Gasteiger partial charge in [0.1, 0.15) is 0 Å². The second kappa shape index (κ2) is 8.35. The maximum absolute atomic E-state index is 10.6. The molecule has 0 saturated heterocycles. The van der Waals surface area contributed by atoms with Gasteiger partial charge in [0, 0.05) is 18.8 Å². The first-order valence-corrected chi connectivity index (χ1v) is 4.01. The van der Waals surface area contributed by atoms with Crippen LogP contribution in [0, 0.1) is 0 Å². The largest absolute Gasteiger partial charge is 0.478 e.